The molecule has 0 saturated carbocycles. The Bertz CT molecular complexity index is 1860. The Hall–Kier alpha value is -5.94. The lowest BCUT2D eigenvalue weighted by Crippen LogP contribution is -2.06. The number of nitrogens with one attached hydrogen (secondary N) is 2. The highest BCUT2D eigenvalue weighted by atomic mass is 35.5. The van der Waals surface area contributed by atoms with Crippen molar-refractivity contribution in [2.45, 2.75) is 0 Å². The fraction of sp³-hybridized carbons (Fsp3) is 0.0606. The second kappa shape index (κ2) is 13.1. The fourth-order valence-electron chi connectivity index (χ4n) is 4.37. The van der Waals surface area contributed by atoms with Crippen molar-refractivity contribution >= 4 is 40.8 Å². The molecule has 12 heteroatoms. The number of nitrogens with zero attached hydrogens (tertiary/aromatic N) is 5. The lowest BCUT2D eigenvalue weighted by Gasteiger charge is -2.14. The molecule has 0 saturated heterocycles. The van der Waals surface area contributed by atoms with Gasteiger partial charge in [-0.25, -0.2) is 9.97 Å². The minimum atomic E-state index is 0.0194. The van der Waals surface area contributed by atoms with Gasteiger partial charge in [0.15, 0.2) is 0 Å². The quantitative estimate of drug-likeness (QED) is 0.140. The van der Waals surface area contributed by atoms with Crippen molar-refractivity contribution in [2.75, 3.05) is 30.6 Å². The van der Waals surface area contributed by atoms with E-state index in [1.165, 1.54) is 0 Å². The molecule has 4 N–H and O–H groups in total. The maximum atomic E-state index is 6.43. The molecule has 0 spiro atoms. The van der Waals surface area contributed by atoms with Crippen molar-refractivity contribution in [1.29, 1.82) is 0 Å². The van der Waals surface area contributed by atoms with E-state index < -0.39 is 0 Å². The first kappa shape index (κ1) is 29.1. The molecular formula is C33H27ClN8O3. The Labute approximate surface area is 264 Å². The van der Waals surface area contributed by atoms with Crippen LogP contribution in [0.5, 0.6) is 23.3 Å². The SMILES string of the molecule is COc1ccc(Nc2nc(Nc3ccc(OC)cc3)nc(Oc3ccc(Cl)cc3-c3cc(-c4ccccc4)nc(N)n3)n2)cc1. The Morgan fingerprint density at radius 2 is 1.20 bits per heavy atom. The minimum absolute atomic E-state index is 0.0194. The zero-order chi connectivity index (χ0) is 31.2. The number of hydrogen-bond acceptors (Lipinski definition) is 11. The lowest BCUT2D eigenvalue weighted by atomic mass is 10.1. The molecule has 0 unspecified atom stereocenters. The normalized spacial score (nSPS) is 10.6. The van der Waals surface area contributed by atoms with Gasteiger partial charge in [-0.15, -0.1) is 0 Å². The third kappa shape index (κ3) is 7.17. The molecule has 0 amide bonds. The van der Waals surface area contributed by atoms with Crippen molar-refractivity contribution in [3.8, 4) is 45.8 Å². The number of anilines is 5. The van der Waals surface area contributed by atoms with E-state index in [-0.39, 0.29) is 23.9 Å². The Balaban J connectivity index is 1.37. The molecule has 0 fully saturated rings. The first-order valence-corrected chi connectivity index (χ1v) is 14.1. The third-order valence-electron chi connectivity index (χ3n) is 6.54. The van der Waals surface area contributed by atoms with Gasteiger partial charge in [-0.1, -0.05) is 41.9 Å². The van der Waals surface area contributed by atoms with E-state index in [4.69, 9.17) is 31.5 Å². The van der Waals surface area contributed by atoms with Gasteiger partial charge in [0.05, 0.1) is 25.6 Å². The van der Waals surface area contributed by atoms with Gasteiger partial charge >= 0.3 is 6.01 Å². The summed E-state index contributed by atoms with van der Waals surface area (Å²) in [6.45, 7) is 0. The largest absolute Gasteiger partial charge is 0.497 e. The first-order valence-electron chi connectivity index (χ1n) is 13.7. The van der Waals surface area contributed by atoms with E-state index in [0.29, 0.717) is 27.7 Å². The highest BCUT2D eigenvalue weighted by Crippen LogP contribution is 2.36. The maximum Gasteiger partial charge on any atom is 0.328 e. The predicted octanol–water partition coefficient (Wildman–Crippen LogP) is 7.53. The predicted molar refractivity (Wildman–Crippen MR) is 175 cm³/mol. The molecule has 4 aromatic carbocycles. The number of nitrogens with two attached hydrogens (primary N) is 1. The molecule has 0 bridgehead atoms. The smallest absolute Gasteiger partial charge is 0.328 e. The van der Waals surface area contributed by atoms with Gasteiger partial charge in [-0.3, -0.25) is 0 Å². The van der Waals surface area contributed by atoms with E-state index in [9.17, 15) is 0 Å². The van der Waals surface area contributed by atoms with Crippen molar-refractivity contribution in [3.63, 3.8) is 0 Å². The number of hydrogen-bond donors (Lipinski definition) is 3. The minimum Gasteiger partial charge on any atom is -0.497 e. The average molecular weight is 619 g/mol. The number of halogens is 1. The molecule has 0 aliphatic carbocycles. The monoisotopic (exact) mass is 618 g/mol. The van der Waals surface area contributed by atoms with Gasteiger partial charge in [-0.05, 0) is 72.8 Å². The number of ether oxygens (including phenoxy) is 3. The lowest BCUT2D eigenvalue weighted by molar-refractivity contribution is 0.415. The summed E-state index contributed by atoms with van der Waals surface area (Å²) in [7, 11) is 3.22. The number of rotatable bonds is 10. The Morgan fingerprint density at radius 3 is 1.78 bits per heavy atom. The molecule has 2 aromatic heterocycles. The van der Waals surface area contributed by atoms with Gasteiger partial charge in [0.25, 0.3) is 0 Å². The molecule has 224 valence electrons. The average Bonchev–Trinajstić information content (AvgIpc) is 3.06. The molecule has 11 nitrogen and oxygen atoms in total. The highest BCUT2D eigenvalue weighted by Gasteiger charge is 2.16. The van der Waals surface area contributed by atoms with Crippen LogP contribution in [-0.2, 0) is 0 Å². The van der Waals surface area contributed by atoms with Crippen LogP contribution in [0.3, 0.4) is 0 Å². The van der Waals surface area contributed by atoms with Crippen LogP contribution in [0, 0.1) is 0 Å². The van der Waals surface area contributed by atoms with Crippen LogP contribution in [0.1, 0.15) is 0 Å². The molecule has 0 atom stereocenters. The third-order valence-corrected chi connectivity index (χ3v) is 6.77. The van der Waals surface area contributed by atoms with Crippen LogP contribution in [-0.4, -0.2) is 39.1 Å². The summed E-state index contributed by atoms with van der Waals surface area (Å²) >= 11 is 6.43. The maximum absolute atomic E-state index is 6.43. The summed E-state index contributed by atoms with van der Waals surface area (Å²) in [5.41, 5.74) is 10.2. The molecule has 0 aliphatic rings. The number of nitrogen functional groups attached to an aromatic ring is 1. The van der Waals surface area contributed by atoms with Crippen LogP contribution in [0.25, 0.3) is 22.5 Å². The molecule has 6 rings (SSSR count). The Kier molecular flexibility index (Phi) is 8.51. The molecular weight excluding hydrogens is 592 g/mol. The van der Waals surface area contributed by atoms with Crippen molar-refractivity contribution in [1.82, 2.24) is 24.9 Å². The van der Waals surface area contributed by atoms with Gasteiger partial charge in [-0.2, -0.15) is 15.0 Å². The summed E-state index contributed by atoms with van der Waals surface area (Å²) in [5, 5.41) is 6.88. The van der Waals surface area contributed by atoms with Crippen molar-refractivity contribution in [3.05, 3.63) is 108 Å². The van der Waals surface area contributed by atoms with Gasteiger partial charge in [0.1, 0.15) is 17.2 Å². The van der Waals surface area contributed by atoms with Crippen LogP contribution < -0.4 is 30.6 Å². The topological polar surface area (TPSA) is 142 Å². The van der Waals surface area contributed by atoms with E-state index in [1.54, 1.807) is 32.4 Å². The second-order valence-electron chi connectivity index (χ2n) is 9.58. The molecule has 45 heavy (non-hydrogen) atoms. The molecule has 0 aliphatic heterocycles. The molecule has 6 aromatic rings. The van der Waals surface area contributed by atoms with Gasteiger partial charge in [0.2, 0.25) is 17.8 Å². The number of methoxy groups -OCH3 is 2. The summed E-state index contributed by atoms with van der Waals surface area (Å²) in [5.74, 6) is 2.43. The van der Waals surface area contributed by atoms with Crippen molar-refractivity contribution in [2.24, 2.45) is 0 Å². The Morgan fingerprint density at radius 1 is 0.622 bits per heavy atom. The molecule has 2 heterocycles. The second-order valence-corrected chi connectivity index (χ2v) is 10.0. The first-order chi connectivity index (χ1) is 21.9. The number of aromatic nitrogens is 5. The molecule has 0 radical (unpaired) electrons. The van der Waals surface area contributed by atoms with Crippen LogP contribution in [0.2, 0.25) is 5.02 Å². The van der Waals surface area contributed by atoms with E-state index in [0.717, 1.165) is 28.4 Å². The summed E-state index contributed by atoms with van der Waals surface area (Å²) < 4.78 is 16.8. The van der Waals surface area contributed by atoms with E-state index >= 15 is 0 Å². The van der Waals surface area contributed by atoms with Gasteiger partial charge in [0, 0.05) is 27.5 Å². The summed E-state index contributed by atoms with van der Waals surface area (Å²) in [6, 6.07) is 31.4. The van der Waals surface area contributed by atoms with E-state index in [1.807, 2.05) is 84.9 Å². The fourth-order valence-corrected chi connectivity index (χ4v) is 4.54. The van der Waals surface area contributed by atoms with Gasteiger partial charge < -0.3 is 30.6 Å². The zero-order valence-electron chi connectivity index (χ0n) is 24.2. The van der Waals surface area contributed by atoms with Crippen LogP contribution in [0.15, 0.2) is 103 Å². The van der Waals surface area contributed by atoms with Crippen molar-refractivity contribution < 1.29 is 14.2 Å². The number of benzene rings is 4. The zero-order valence-corrected chi connectivity index (χ0v) is 25.0. The summed E-state index contributed by atoms with van der Waals surface area (Å²) in [6.07, 6.45) is 0. The highest BCUT2D eigenvalue weighted by molar-refractivity contribution is 6.31. The summed E-state index contributed by atoms with van der Waals surface area (Å²) in [4.78, 5) is 22.5. The van der Waals surface area contributed by atoms with Crippen LogP contribution in [0.4, 0.5) is 29.2 Å². The van der Waals surface area contributed by atoms with E-state index in [2.05, 4.69) is 35.6 Å². The standard InChI is InChI=1S/C33H27ClN8O3/c1-43-24-13-9-22(10-14-24)36-31-40-32(37-23-11-15-25(44-2)16-12-23)42-33(41-31)45-29-17-8-21(34)18-26(29)28-19-27(38-30(35)39-28)20-6-4-3-5-7-20/h3-19H,1-2H3,(H2,35,38,39)(H2,36,37,40,41,42). The van der Waals surface area contributed by atoms with Crippen LogP contribution >= 0.6 is 11.6 Å².